The van der Waals surface area contributed by atoms with Gasteiger partial charge in [0.25, 0.3) is 5.91 Å². The number of hydrogen-bond donors (Lipinski definition) is 2. The van der Waals surface area contributed by atoms with Gasteiger partial charge in [0.1, 0.15) is 0 Å². The molecule has 0 aliphatic heterocycles. The van der Waals surface area contributed by atoms with Gasteiger partial charge in [0.2, 0.25) is 0 Å². The van der Waals surface area contributed by atoms with Crippen LogP contribution < -0.4 is 11.1 Å². The Bertz CT molecular complexity index is 458. The maximum Gasteiger partial charge on any atom is 0.253 e. The Labute approximate surface area is 126 Å². The normalized spacial score (nSPS) is 16.6. The number of aromatic nitrogens is 1. The van der Waals surface area contributed by atoms with Gasteiger partial charge in [-0.2, -0.15) is 0 Å². The van der Waals surface area contributed by atoms with Gasteiger partial charge in [-0.25, -0.2) is 0 Å². The summed E-state index contributed by atoms with van der Waals surface area (Å²) >= 11 is 0. The van der Waals surface area contributed by atoms with Crippen LogP contribution in [0.1, 0.15) is 47.4 Å². The molecule has 0 bridgehead atoms. The van der Waals surface area contributed by atoms with Crippen molar-refractivity contribution in [2.75, 3.05) is 6.54 Å². The zero-order chi connectivity index (χ0) is 13.8. The molecule has 0 spiro atoms. The number of nitrogens with one attached hydrogen (secondary N) is 1. The average Bonchev–Trinajstić information content (AvgIpc) is 2.89. The Hall–Kier alpha value is -1.13. The fraction of sp³-hybridized carbons (Fsp3) is 0.600. The van der Waals surface area contributed by atoms with Crippen LogP contribution in [0.25, 0.3) is 0 Å². The van der Waals surface area contributed by atoms with Gasteiger partial charge in [0, 0.05) is 18.3 Å². The van der Waals surface area contributed by atoms with Crippen molar-refractivity contribution in [2.45, 2.75) is 45.6 Å². The molecule has 1 saturated carbocycles. The highest BCUT2D eigenvalue weighted by atomic mass is 35.5. The molecule has 1 amide bonds. The van der Waals surface area contributed by atoms with Gasteiger partial charge in [-0.15, -0.1) is 12.4 Å². The molecule has 1 aliphatic carbocycles. The van der Waals surface area contributed by atoms with E-state index in [4.69, 9.17) is 5.73 Å². The second-order valence-electron chi connectivity index (χ2n) is 5.45. The zero-order valence-electron chi connectivity index (χ0n) is 12.2. The molecular weight excluding hydrogens is 274 g/mol. The van der Waals surface area contributed by atoms with Crippen LogP contribution >= 0.6 is 12.4 Å². The first-order valence-electron chi connectivity index (χ1n) is 7.07. The lowest BCUT2D eigenvalue weighted by Crippen LogP contribution is -2.44. The molecule has 5 heteroatoms. The third-order valence-corrected chi connectivity index (χ3v) is 4.01. The third-order valence-electron chi connectivity index (χ3n) is 4.01. The van der Waals surface area contributed by atoms with Crippen LogP contribution in [0.3, 0.4) is 0 Å². The summed E-state index contributed by atoms with van der Waals surface area (Å²) in [6.45, 7) is 4.31. The molecule has 0 saturated heterocycles. The summed E-state index contributed by atoms with van der Waals surface area (Å²) in [7, 11) is 0. The number of halogens is 1. The fourth-order valence-corrected chi connectivity index (χ4v) is 2.90. The summed E-state index contributed by atoms with van der Waals surface area (Å²) in [5, 5.41) is 3.08. The predicted octanol–water partition coefficient (Wildman–Crippen LogP) is 2.37. The van der Waals surface area contributed by atoms with E-state index in [1.807, 2.05) is 26.0 Å². The van der Waals surface area contributed by atoms with Crippen LogP contribution in [0.15, 0.2) is 12.1 Å². The van der Waals surface area contributed by atoms with Gasteiger partial charge < -0.3 is 11.1 Å². The van der Waals surface area contributed by atoms with Crippen molar-refractivity contribution in [3.63, 3.8) is 0 Å². The van der Waals surface area contributed by atoms with Crippen LogP contribution in [-0.2, 0) is 0 Å². The smallest absolute Gasteiger partial charge is 0.253 e. The van der Waals surface area contributed by atoms with Gasteiger partial charge in [0.15, 0.2) is 0 Å². The molecule has 1 aromatic heterocycles. The van der Waals surface area contributed by atoms with E-state index in [0.29, 0.717) is 18.0 Å². The molecule has 1 heterocycles. The van der Waals surface area contributed by atoms with Gasteiger partial charge in [0.05, 0.1) is 11.3 Å². The Morgan fingerprint density at radius 2 is 2.05 bits per heavy atom. The number of carbonyl (C=O) groups is 1. The molecule has 2 rings (SSSR count). The van der Waals surface area contributed by atoms with Crippen LogP contribution in [0.4, 0.5) is 0 Å². The maximum atomic E-state index is 12.3. The molecule has 1 atom stereocenters. The minimum atomic E-state index is -0.0487. The molecule has 112 valence electrons. The lowest BCUT2D eigenvalue weighted by atomic mass is 9.97. The second kappa shape index (κ2) is 7.60. The van der Waals surface area contributed by atoms with E-state index in [0.717, 1.165) is 11.4 Å². The van der Waals surface area contributed by atoms with Crippen LogP contribution in [0, 0.1) is 19.8 Å². The molecule has 20 heavy (non-hydrogen) atoms. The third kappa shape index (κ3) is 3.93. The van der Waals surface area contributed by atoms with Gasteiger partial charge in [-0.05, 0) is 44.7 Å². The molecule has 1 aliphatic rings. The van der Waals surface area contributed by atoms with Crippen molar-refractivity contribution < 1.29 is 4.79 Å². The number of nitrogens with zero attached hydrogens (tertiary/aromatic N) is 1. The highest BCUT2D eigenvalue weighted by Crippen LogP contribution is 2.27. The van der Waals surface area contributed by atoms with Crippen LogP contribution in [0.2, 0.25) is 0 Å². The standard InChI is InChI=1S/C15H23N3O.ClH/c1-10-7-8-13(11(2)17-10)15(19)18-14(9-16)12-5-3-4-6-12;/h7-8,12,14H,3-6,9,16H2,1-2H3,(H,18,19);1H. The maximum absolute atomic E-state index is 12.3. The molecule has 1 unspecified atom stereocenters. The van der Waals surface area contributed by atoms with E-state index in [9.17, 15) is 4.79 Å². The number of amides is 1. The van der Waals surface area contributed by atoms with Crippen molar-refractivity contribution in [1.82, 2.24) is 10.3 Å². The summed E-state index contributed by atoms with van der Waals surface area (Å²) in [6.07, 6.45) is 4.85. The van der Waals surface area contributed by atoms with Gasteiger partial charge >= 0.3 is 0 Å². The molecule has 0 radical (unpaired) electrons. The van der Waals surface area contributed by atoms with Crippen molar-refractivity contribution in [3.05, 3.63) is 29.1 Å². The van der Waals surface area contributed by atoms with Crippen molar-refractivity contribution in [2.24, 2.45) is 11.7 Å². The Balaban J connectivity index is 0.00000200. The van der Waals surface area contributed by atoms with Crippen LogP contribution in [0.5, 0.6) is 0 Å². The number of hydrogen-bond acceptors (Lipinski definition) is 3. The van der Waals surface area contributed by atoms with E-state index in [-0.39, 0.29) is 24.4 Å². The summed E-state index contributed by atoms with van der Waals surface area (Å²) in [5.74, 6) is 0.486. The van der Waals surface area contributed by atoms with Crippen molar-refractivity contribution in [3.8, 4) is 0 Å². The fourth-order valence-electron chi connectivity index (χ4n) is 2.90. The van der Waals surface area contributed by atoms with E-state index in [2.05, 4.69) is 10.3 Å². The minimum Gasteiger partial charge on any atom is -0.348 e. The first kappa shape index (κ1) is 16.9. The Morgan fingerprint density at radius 3 is 2.60 bits per heavy atom. The Morgan fingerprint density at radius 1 is 1.40 bits per heavy atom. The zero-order valence-corrected chi connectivity index (χ0v) is 13.0. The molecule has 3 N–H and O–H groups in total. The first-order valence-corrected chi connectivity index (χ1v) is 7.07. The largest absolute Gasteiger partial charge is 0.348 e. The SMILES string of the molecule is Cc1ccc(C(=O)NC(CN)C2CCCC2)c(C)n1.Cl. The summed E-state index contributed by atoms with van der Waals surface area (Å²) in [4.78, 5) is 16.6. The molecule has 0 aromatic carbocycles. The number of nitrogens with two attached hydrogens (primary N) is 1. The lowest BCUT2D eigenvalue weighted by Gasteiger charge is -2.23. The highest BCUT2D eigenvalue weighted by molar-refractivity contribution is 5.95. The van der Waals surface area contributed by atoms with Gasteiger partial charge in [-0.1, -0.05) is 12.8 Å². The van der Waals surface area contributed by atoms with E-state index in [1.54, 1.807) is 0 Å². The molecular formula is C15H24ClN3O. The number of rotatable bonds is 4. The summed E-state index contributed by atoms with van der Waals surface area (Å²) in [5.41, 5.74) is 8.17. The lowest BCUT2D eigenvalue weighted by molar-refractivity contribution is 0.0923. The number of pyridine rings is 1. The highest BCUT2D eigenvalue weighted by Gasteiger charge is 2.26. The summed E-state index contributed by atoms with van der Waals surface area (Å²) in [6, 6.07) is 3.81. The van der Waals surface area contributed by atoms with Gasteiger partial charge in [-0.3, -0.25) is 9.78 Å². The predicted molar refractivity (Wildman–Crippen MR) is 83.2 cm³/mol. The van der Waals surface area contributed by atoms with Crippen LogP contribution in [-0.4, -0.2) is 23.5 Å². The topological polar surface area (TPSA) is 68.0 Å². The van der Waals surface area contributed by atoms with Crippen molar-refractivity contribution >= 4 is 18.3 Å². The minimum absolute atomic E-state index is 0. The van der Waals surface area contributed by atoms with E-state index in [1.165, 1.54) is 25.7 Å². The number of carbonyl (C=O) groups excluding carboxylic acids is 1. The monoisotopic (exact) mass is 297 g/mol. The molecule has 1 aromatic rings. The van der Waals surface area contributed by atoms with E-state index >= 15 is 0 Å². The Kier molecular flexibility index (Phi) is 6.43. The average molecular weight is 298 g/mol. The quantitative estimate of drug-likeness (QED) is 0.896. The van der Waals surface area contributed by atoms with E-state index < -0.39 is 0 Å². The molecule has 4 nitrogen and oxygen atoms in total. The van der Waals surface area contributed by atoms with Crippen molar-refractivity contribution in [1.29, 1.82) is 0 Å². The number of aryl methyl sites for hydroxylation is 2. The first-order chi connectivity index (χ1) is 9.11. The summed E-state index contributed by atoms with van der Waals surface area (Å²) < 4.78 is 0. The second-order valence-corrected chi connectivity index (χ2v) is 5.45. The molecule has 1 fully saturated rings.